The van der Waals surface area contributed by atoms with Crippen LogP contribution in [0, 0.1) is 17.6 Å². The first-order valence-corrected chi connectivity index (χ1v) is 6.37. The van der Waals surface area contributed by atoms with Gasteiger partial charge in [0, 0.05) is 13.1 Å². The highest BCUT2D eigenvalue weighted by Gasteiger charge is 2.17. The van der Waals surface area contributed by atoms with Gasteiger partial charge in [-0.1, -0.05) is 19.3 Å². The summed E-state index contributed by atoms with van der Waals surface area (Å²) in [5, 5.41) is 2.57. The van der Waals surface area contributed by atoms with Gasteiger partial charge in [0.05, 0.1) is 6.61 Å². The SMILES string of the molecule is CNc1nc(OCC2CCCCC2)c(F)cc1F. The van der Waals surface area contributed by atoms with Gasteiger partial charge in [-0.25, -0.2) is 8.78 Å². The highest BCUT2D eigenvalue weighted by Crippen LogP contribution is 2.26. The maximum Gasteiger partial charge on any atom is 0.252 e. The Morgan fingerprint density at radius 1 is 1.28 bits per heavy atom. The average Bonchev–Trinajstić information content (AvgIpc) is 2.39. The lowest BCUT2D eigenvalue weighted by molar-refractivity contribution is 0.195. The lowest BCUT2D eigenvalue weighted by atomic mass is 9.90. The first kappa shape index (κ1) is 13.1. The number of pyridine rings is 1. The second-order valence-corrected chi connectivity index (χ2v) is 4.67. The Hall–Kier alpha value is -1.39. The fourth-order valence-electron chi connectivity index (χ4n) is 2.28. The van der Waals surface area contributed by atoms with Crippen molar-refractivity contribution >= 4 is 5.82 Å². The predicted molar refractivity (Wildman–Crippen MR) is 65.8 cm³/mol. The van der Waals surface area contributed by atoms with Crippen LogP contribution in [0.1, 0.15) is 32.1 Å². The quantitative estimate of drug-likeness (QED) is 0.897. The molecule has 18 heavy (non-hydrogen) atoms. The molecule has 5 heteroatoms. The molecule has 0 amide bonds. The molecule has 0 unspecified atom stereocenters. The number of halogens is 2. The molecule has 0 atom stereocenters. The minimum atomic E-state index is -0.748. The van der Waals surface area contributed by atoms with Crippen molar-refractivity contribution in [2.45, 2.75) is 32.1 Å². The van der Waals surface area contributed by atoms with Crippen molar-refractivity contribution in [2.75, 3.05) is 19.0 Å². The maximum absolute atomic E-state index is 13.5. The Morgan fingerprint density at radius 2 is 2.00 bits per heavy atom. The largest absolute Gasteiger partial charge is 0.475 e. The Bertz CT molecular complexity index is 406. The fourth-order valence-corrected chi connectivity index (χ4v) is 2.28. The van der Waals surface area contributed by atoms with E-state index in [9.17, 15) is 8.78 Å². The number of anilines is 1. The van der Waals surface area contributed by atoms with Crippen molar-refractivity contribution in [3.05, 3.63) is 17.7 Å². The Balaban J connectivity index is 1.99. The van der Waals surface area contributed by atoms with E-state index >= 15 is 0 Å². The highest BCUT2D eigenvalue weighted by atomic mass is 19.1. The van der Waals surface area contributed by atoms with Crippen LogP contribution in [0.25, 0.3) is 0 Å². The molecule has 2 rings (SSSR count). The molecule has 0 aromatic carbocycles. The van der Waals surface area contributed by atoms with E-state index in [4.69, 9.17) is 4.74 Å². The monoisotopic (exact) mass is 256 g/mol. The van der Waals surface area contributed by atoms with Crippen LogP contribution in [0.15, 0.2) is 6.07 Å². The first-order valence-electron chi connectivity index (χ1n) is 6.37. The summed E-state index contributed by atoms with van der Waals surface area (Å²) in [6, 6.07) is 0.801. The third-order valence-electron chi connectivity index (χ3n) is 3.31. The molecule has 0 aliphatic heterocycles. The molecule has 0 radical (unpaired) electrons. The van der Waals surface area contributed by atoms with Crippen LogP contribution in [0.5, 0.6) is 5.88 Å². The lowest BCUT2D eigenvalue weighted by Gasteiger charge is -2.21. The summed E-state index contributed by atoms with van der Waals surface area (Å²) >= 11 is 0. The van der Waals surface area contributed by atoms with Crippen LogP contribution in [-0.2, 0) is 0 Å². The van der Waals surface area contributed by atoms with Crippen molar-refractivity contribution in [1.29, 1.82) is 0 Å². The number of aromatic nitrogens is 1. The molecule has 1 aromatic heterocycles. The number of hydrogen-bond acceptors (Lipinski definition) is 3. The maximum atomic E-state index is 13.5. The zero-order chi connectivity index (χ0) is 13.0. The number of nitrogens with one attached hydrogen (secondary N) is 1. The van der Waals surface area contributed by atoms with Crippen LogP contribution in [0.4, 0.5) is 14.6 Å². The molecule has 1 N–H and O–H groups in total. The van der Waals surface area contributed by atoms with Gasteiger partial charge in [0.25, 0.3) is 5.88 Å². The van der Waals surface area contributed by atoms with Crippen LogP contribution in [0.3, 0.4) is 0 Å². The summed E-state index contributed by atoms with van der Waals surface area (Å²) < 4.78 is 32.1. The van der Waals surface area contributed by atoms with Gasteiger partial charge in [-0.15, -0.1) is 0 Å². The van der Waals surface area contributed by atoms with E-state index in [0.717, 1.165) is 18.9 Å². The molecule has 0 spiro atoms. The van der Waals surface area contributed by atoms with Gasteiger partial charge in [0.1, 0.15) is 0 Å². The molecule has 1 aromatic rings. The third kappa shape index (κ3) is 3.09. The van der Waals surface area contributed by atoms with E-state index in [-0.39, 0.29) is 11.7 Å². The van der Waals surface area contributed by atoms with Crippen molar-refractivity contribution < 1.29 is 13.5 Å². The van der Waals surface area contributed by atoms with Crippen molar-refractivity contribution in [1.82, 2.24) is 4.98 Å². The molecular formula is C13H18F2N2O. The van der Waals surface area contributed by atoms with Crippen LogP contribution < -0.4 is 10.1 Å². The van der Waals surface area contributed by atoms with Crippen molar-refractivity contribution in [3.8, 4) is 5.88 Å². The number of rotatable bonds is 4. The molecule has 1 saturated carbocycles. The average molecular weight is 256 g/mol. The summed E-state index contributed by atoms with van der Waals surface area (Å²) in [6.45, 7) is 0.457. The van der Waals surface area contributed by atoms with Gasteiger partial charge in [-0.2, -0.15) is 4.98 Å². The normalized spacial score (nSPS) is 16.6. The van der Waals surface area contributed by atoms with Gasteiger partial charge in [0.2, 0.25) is 0 Å². The minimum Gasteiger partial charge on any atom is -0.475 e. The molecule has 0 saturated heterocycles. The highest BCUT2D eigenvalue weighted by molar-refractivity contribution is 5.38. The van der Waals surface area contributed by atoms with E-state index in [1.165, 1.54) is 26.3 Å². The third-order valence-corrected chi connectivity index (χ3v) is 3.31. The number of hydrogen-bond donors (Lipinski definition) is 1. The molecule has 1 aliphatic rings. The number of ether oxygens (including phenoxy) is 1. The van der Waals surface area contributed by atoms with E-state index in [1.54, 1.807) is 0 Å². The van der Waals surface area contributed by atoms with Gasteiger partial charge < -0.3 is 10.1 Å². The van der Waals surface area contributed by atoms with E-state index < -0.39 is 11.6 Å². The van der Waals surface area contributed by atoms with Crippen LogP contribution in [0.2, 0.25) is 0 Å². The zero-order valence-corrected chi connectivity index (χ0v) is 10.5. The molecule has 3 nitrogen and oxygen atoms in total. The Kier molecular flexibility index (Phi) is 4.33. The summed E-state index contributed by atoms with van der Waals surface area (Å²) in [4.78, 5) is 3.79. The standard InChI is InChI=1S/C13H18F2N2O/c1-16-12-10(14)7-11(15)13(17-12)18-8-9-5-3-2-4-6-9/h7,9H,2-6,8H2,1H3,(H,16,17). The van der Waals surface area contributed by atoms with Crippen molar-refractivity contribution in [3.63, 3.8) is 0 Å². The zero-order valence-electron chi connectivity index (χ0n) is 10.5. The van der Waals surface area contributed by atoms with Gasteiger partial charge in [0.15, 0.2) is 17.5 Å². The summed E-state index contributed by atoms with van der Waals surface area (Å²) in [7, 11) is 1.54. The summed E-state index contributed by atoms with van der Waals surface area (Å²) in [5.41, 5.74) is 0. The Labute approximate surface area is 106 Å². The summed E-state index contributed by atoms with van der Waals surface area (Å²) in [5.74, 6) is -1.10. The summed E-state index contributed by atoms with van der Waals surface area (Å²) in [6.07, 6.45) is 5.90. The van der Waals surface area contributed by atoms with Gasteiger partial charge in [-0.3, -0.25) is 0 Å². The lowest BCUT2D eigenvalue weighted by Crippen LogP contribution is -2.16. The predicted octanol–water partition coefficient (Wildman–Crippen LogP) is 3.36. The van der Waals surface area contributed by atoms with E-state index in [1.807, 2.05) is 0 Å². The van der Waals surface area contributed by atoms with Crippen molar-refractivity contribution in [2.24, 2.45) is 5.92 Å². The second-order valence-electron chi connectivity index (χ2n) is 4.67. The molecule has 100 valence electrons. The molecule has 1 aliphatic carbocycles. The van der Waals surface area contributed by atoms with Gasteiger partial charge >= 0.3 is 0 Å². The molecule has 1 heterocycles. The fraction of sp³-hybridized carbons (Fsp3) is 0.615. The molecule has 0 bridgehead atoms. The van der Waals surface area contributed by atoms with Crippen LogP contribution >= 0.6 is 0 Å². The number of nitrogens with zero attached hydrogens (tertiary/aromatic N) is 1. The minimum absolute atomic E-state index is 0.00930. The second kappa shape index (κ2) is 5.98. The van der Waals surface area contributed by atoms with E-state index in [0.29, 0.717) is 12.5 Å². The topological polar surface area (TPSA) is 34.2 Å². The molecule has 1 fully saturated rings. The van der Waals surface area contributed by atoms with Crippen LogP contribution in [-0.4, -0.2) is 18.6 Å². The molecular weight excluding hydrogens is 238 g/mol. The Morgan fingerprint density at radius 3 is 2.67 bits per heavy atom. The first-order chi connectivity index (χ1) is 8.70. The van der Waals surface area contributed by atoms with E-state index in [2.05, 4.69) is 10.3 Å². The smallest absolute Gasteiger partial charge is 0.252 e. The van der Waals surface area contributed by atoms with Gasteiger partial charge in [-0.05, 0) is 18.8 Å².